The number of nitriles is 1. The van der Waals surface area contributed by atoms with Gasteiger partial charge in [0.1, 0.15) is 0 Å². The van der Waals surface area contributed by atoms with Crippen LogP contribution in [0.1, 0.15) is 18.1 Å². The molecule has 0 saturated heterocycles. The first-order chi connectivity index (χ1) is 9.93. The molecule has 3 nitrogen and oxygen atoms in total. The average molecular weight is 299 g/mol. The highest BCUT2D eigenvalue weighted by atomic mass is 32.2. The predicted molar refractivity (Wildman–Crippen MR) is 82.2 cm³/mol. The summed E-state index contributed by atoms with van der Waals surface area (Å²) in [6, 6.07) is 16.6. The summed E-state index contributed by atoms with van der Waals surface area (Å²) in [6.45, 7) is 3.43. The van der Waals surface area contributed by atoms with Gasteiger partial charge in [0.2, 0.25) is 0 Å². The van der Waals surface area contributed by atoms with E-state index in [1.54, 1.807) is 12.1 Å². The van der Waals surface area contributed by atoms with E-state index in [0.29, 0.717) is 9.79 Å². The Bertz CT molecular complexity index is 699. The van der Waals surface area contributed by atoms with Gasteiger partial charge in [0.25, 0.3) is 0 Å². The predicted octanol–water partition coefficient (Wildman–Crippen LogP) is 2.98. The molecule has 2 atom stereocenters. The Hall–Kier alpha value is -1.96. The standard InChI is InChI=1S/C17H17NO2S/c1-13-7-9-15(10-8-13)21(20)16-6-4-3-5-14(16)11-17(2,19)12-18/h3-10,19H,11H2,1-2H3/t17-,21?/m0/s1. The van der Waals surface area contributed by atoms with Gasteiger partial charge in [-0.3, -0.25) is 0 Å². The Morgan fingerprint density at radius 1 is 1.19 bits per heavy atom. The Balaban J connectivity index is 2.38. The van der Waals surface area contributed by atoms with Gasteiger partial charge in [-0.25, -0.2) is 4.21 Å². The summed E-state index contributed by atoms with van der Waals surface area (Å²) in [5.74, 6) is 0. The van der Waals surface area contributed by atoms with E-state index in [9.17, 15) is 9.32 Å². The lowest BCUT2D eigenvalue weighted by molar-refractivity contribution is 0.119. The number of benzene rings is 2. The minimum absolute atomic E-state index is 0.150. The van der Waals surface area contributed by atoms with E-state index >= 15 is 0 Å². The molecule has 0 saturated carbocycles. The van der Waals surface area contributed by atoms with Crippen LogP contribution < -0.4 is 0 Å². The molecule has 0 aliphatic heterocycles. The molecule has 0 radical (unpaired) electrons. The molecule has 0 fully saturated rings. The molecule has 1 unspecified atom stereocenters. The summed E-state index contributed by atoms with van der Waals surface area (Å²) in [7, 11) is -1.32. The van der Waals surface area contributed by atoms with Crippen molar-refractivity contribution in [3.8, 4) is 6.07 Å². The van der Waals surface area contributed by atoms with E-state index in [2.05, 4.69) is 0 Å². The first-order valence-corrected chi connectivity index (χ1v) is 7.78. The van der Waals surface area contributed by atoms with Crippen molar-refractivity contribution < 1.29 is 9.32 Å². The third-order valence-electron chi connectivity index (χ3n) is 3.18. The highest BCUT2D eigenvalue weighted by Crippen LogP contribution is 2.23. The molecule has 4 heteroatoms. The average Bonchev–Trinajstić information content (AvgIpc) is 2.47. The van der Waals surface area contributed by atoms with E-state index in [4.69, 9.17) is 5.26 Å². The molecular weight excluding hydrogens is 282 g/mol. The zero-order valence-electron chi connectivity index (χ0n) is 12.0. The molecule has 2 aromatic carbocycles. The van der Waals surface area contributed by atoms with Gasteiger partial charge in [0.05, 0.1) is 16.9 Å². The van der Waals surface area contributed by atoms with E-state index < -0.39 is 16.4 Å². The van der Waals surface area contributed by atoms with E-state index in [0.717, 1.165) is 11.1 Å². The number of aliphatic hydroxyl groups is 1. The lowest BCUT2D eigenvalue weighted by atomic mass is 9.98. The summed E-state index contributed by atoms with van der Waals surface area (Å²) in [4.78, 5) is 1.35. The van der Waals surface area contributed by atoms with Crippen molar-refractivity contribution in [1.29, 1.82) is 5.26 Å². The van der Waals surface area contributed by atoms with Crippen LogP contribution in [0.4, 0.5) is 0 Å². The molecular formula is C17H17NO2S. The number of rotatable bonds is 4. The molecule has 2 rings (SSSR count). The maximum absolute atomic E-state index is 12.7. The summed E-state index contributed by atoms with van der Waals surface area (Å²) in [5, 5.41) is 18.9. The topological polar surface area (TPSA) is 61.1 Å². The second kappa shape index (κ2) is 6.21. The SMILES string of the molecule is Cc1ccc(S(=O)c2ccccc2C[C@](C)(O)C#N)cc1. The fraction of sp³-hybridized carbons (Fsp3) is 0.235. The molecule has 2 aromatic rings. The number of hydrogen-bond donors (Lipinski definition) is 1. The second-order valence-electron chi connectivity index (χ2n) is 5.25. The first-order valence-electron chi connectivity index (χ1n) is 6.63. The van der Waals surface area contributed by atoms with Crippen LogP contribution in [0, 0.1) is 18.3 Å². The monoisotopic (exact) mass is 299 g/mol. The maximum atomic E-state index is 12.7. The van der Waals surface area contributed by atoms with Gasteiger partial charge in [0.15, 0.2) is 5.60 Å². The van der Waals surface area contributed by atoms with Crippen LogP contribution in [-0.2, 0) is 17.2 Å². The first kappa shape index (κ1) is 15.4. The normalized spacial score (nSPS) is 15.0. The third kappa shape index (κ3) is 3.78. The fourth-order valence-electron chi connectivity index (χ4n) is 2.03. The van der Waals surface area contributed by atoms with Crippen molar-refractivity contribution in [3.05, 3.63) is 59.7 Å². The number of aryl methyl sites for hydroxylation is 1. The quantitative estimate of drug-likeness (QED) is 0.883. The van der Waals surface area contributed by atoms with Crippen molar-refractivity contribution >= 4 is 10.8 Å². The molecule has 21 heavy (non-hydrogen) atoms. The number of nitrogens with zero attached hydrogens (tertiary/aromatic N) is 1. The van der Waals surface area contributed by atoms with Crippen LogP contribution in [0.3, 0.4) is 0 Å². The van der Waals surface area contributed by atoms with Crippen molar-refractivity contribution in [2.75, 3.05) is 0 Å². The van der Waals surface area contributed by atoms with Gasteiger partial charge >= 0.3 is 0 Å². The minimum atomic E-state index is -1.46. The smallest absolute Gasteiger partial charge is 0.152 e. The highest BCUT2D eigenvalue weighted by Gasteiger charge is 2.23. The molecule has 0 spiro atoms. The van der Waals surface area contributed by atoms with Crippen molar-refractivity contribution in [2.45, 2.75) is 35.7 Å². The van der Waals surface area contributed by atoms with Gasteiger partial charge in [-0.05, 0) is 37.6 Å². The molecule has 0 bridgehead atoms. The van der Waals surface area contributed by atoms with Gasteiger partial charge in [-0.1, -0.05) is 35.9 Å². The summed E-state index contributed by atoms with van der Waals surface area (Å²) in [6.07, 6.45) is 0.150. The van der Waals surface area contributed by atoms with Crippen molar-refractivity contribution in [3.63, 3.8) is 0 Å². The zero-order chi connectivity index (χ0) is 15.5. The van der Waals surface area contributed by atoms with Crippen LogP contribution in [-0.4, -0.2) is 14.9 Å². The van der Waals surface area contributed by atoms with Crippen molar-refractivity contribution in [2.24, 2.45) is 0 Å². The lowest BCUT2D eigenvalue weighted by Gasteiger charge is -2.16. The summed E-state index contributed by atoms with van der Waals surface area (Å²) < 4.78 is 12.7. The molecule has 0 aliphatic rings. The Morgan fingerprint density at radius 2 is 1.81 bits per heavy atom. The van der Waals surface area contributed by atoms with E-state index in [1.807, 2.05) is 49.4 Å². The molecule has 0 aliphatic carbocycles. The minimum Gasteiger partial charge on any atom is -0.375 e. The molecule has 0 aromatic heterocycles. The molecule has 0 amide bonds. The molecule has 1 N–H and O–H groups in total. The van der Waals surface area contributed by atoms with Gasteiger partial charge in [0, 0.05) is 16.2 Å². The van der Waals surface area contributed by atoms with Gasteiger partial charge in [-0.15, -0.1) is 0 Å². The Morgan fingerprint density at radius 3 is 2.43 bits per heavy atom. The van der Waals surface area contributed by atoms with Gasteiger partial charge < -0.3 is 5.11 Å². The zero-order valence-corrected chi connectivity index (χ0v) is 12.9. The Kier molecular flexibility index (Phi) is 4.56. The van der Waals surface area contributed by atoms with Crippen LogP contribution >= 0.6 is 0 Å². The van der Waals surface area contributed by atoms with E-state index in [-0.39, 0.29) is 6.42 Å². The van der Waals surface area contributed by atoms with Crippen LogP contribution in [0.25, 0.3) is 0 Å². The lowest BCUT2D eigenvalue weighted by Crippen LogP contribution is -2.25. The summed E-state index contributed by atoms with van der Waals surface area (Å²) >= 11 is 0. The number of hydrogen-bond acceptors (Lipinski definition) is 3. The van der Waals surface area contributed by atoms with Crippen LogP contribution in [0.2, 0.25) is 0 Å². The van der Waals surface area contributed by atoms with E-state index in [1.165, 1.54) is 6.92 Å². The fourth-order valence-corrected chi connectivity index (χ4v) is 3.25. The molecule has 0 heterocycles. The maximum Gasteiger partial charge on any atom is 0.152 e. The highest BCUT2D eigenvalue weighted by molar-refractivity contribution is 7.85. The molecule has 108 valence electrons. The van der Waals surface area contributed by atoms with Crippen molar-refractivity contribution in [1.82, 2.24) is 0 Å². The third-order valence-corrected chi connectivity index (χ3v) is 4.68. The largest absolute Gasteiger partial charge is 0.375 e. The second-order valence-corrected chi connectivity index (χ2v) is 6.70. The van der Waals surface area contributed by atoms with Crippen LogP contribution in [0.15, 0.2) is 58.3 Å². The Labute approximate surface area is 127 Å². The summed E-state index contributed by atoms with van der Waals surface area (Å²) in [5.41, 5.74) is 0.368. The van der Waals surface area contributed by atoms with Crippen LogP contribution in [0.5, 0.6) is 0 Å². The van der Waals surface area contributed by atoms with Gasteiger partial charge in [-0.2, -0.15) is 5.26 Å².